The van der Waals surface area contributed by atoms with Crippen molar-refractivity contribution in [3.05, 3.63) is 125 Å². The van der Waals surface area contributed by atoms with E-state index in [1.807, 2.05) is 5.32 Å². The van der Waals surface area contributed by atoms with Crippen LogP contribution in [0.5, 0.6) is 17.2 Å². The third kappa shape index (κ3) is 26.6. The normalized spacial score (nSPS) is 14.2. The standard InChI is InChI=1S/C63H83N11O18S2/c1-34(2)53(74-57(85)45(25-27-94-4)66-54(82)42(64)28-36-10-16-39(76)17-11-36)62(90)72-48(31-38-14-20-41(78)21-15-38)59(87)68-44(24-26-93-3)56(84)70-46(29-35-8-6-5-7-9-35)58(86)67-43(22-23-51(65)79)55(83)69-47(30-37-12-18-40(77)19-13-37)60(88)71-49(32-52(80)81)61(89)73-50(33-75)63(91)92/h5-21,34,42-50,53,75-78H,22-33,64H2,1-4H3,(H2,65,79)(H,66,82)(H,67,86)(H,68,87)(H,69,83)(H,70,84)(H,71,88)(H,72,90)(H,73,89)(H,74,85)(H,80,81)(H,91,92)/t42-,43-,44-,45-,46-,47-,48-,49-,50-,53-/m0/s1. The molecular weight excluding hydrogens is 1260 g/mol. The number of rotatable bonds is 40. The second kappa shape index (κ2) is 39.2. The Labute approximate surface area is 550 Å². The summed E-state index contributed by atoms with van der Waals surface area (Å²) < 4.78 is 0. The number of carbonyl (C=O) groups excluding carboxylic acids is 10. The van der Waals surface area contributed by atoms with Crippen LogP contribution in [0.2, 0.25) is 0 Å². The summed E-state index contributed by atoms with van der Waals surface area (Å²) in [6.07, 6.45) is 0.649. The van der Waals surface area contributed by atoms with Crippen LogP contribution in [0.1, 0.15) is 68.2 Å². The first-order valence-electron chi connectivity index (χ1n) is 29.8. The summed E-state index contributed by atoms with van der Waals surface area (Å²) in [5.74, 6) is -13.2. The van der Waals surface area contributed by atoms with Gasteiger partial charge in [-0.05, 0) is 114 Å². The number of carboxylic acid groups (broad SMARTS) is 2. The average Bonchev–Trinajstić information content (AvgIpc) is 0.903. The molecule has 0 spiro atoms. The number of amides is 10. The van der Waals surface area contributed by atoms with E-state index in [2.05, 4.69) is 42.5 Å². The van der Waals surface area contributed by atoms with Gasteiger partial charge < -0.3 is 90.0 Å². The average molecular weight is 1350 g/mol. The van der Waals surface area contributed by atoms with Crippen LogP contribution < -0.4 is 59.3 Å². The Kier molecular flexibility index (Phi) is 32.1. The Hall–Kier alpha value is -9.46. The summed E-state index contributed by atoms with van der Waals surface area (Å²) in [7, 11) is 0. The summed E-state index contributed by atoms with van der Waals surface area (Å²) in [4.78, 5) is 164. The van der Waals surface area contributed by atoms with E-state index in [1.165, 1.54) is 84.2 Å². The van der Waals surface area contributed by atoms with E-state index >= 15 is 0 Å². The largest absolute Gasteiger partial charge is 0.508 e. The first-order chi connectivity index (χ1) is 44.6. The van der Waals surface area contributed by atoms with Crippen LogP contribution in [0.15, 0.2) is 103 Å². The molecule has 0 aliphatic carbocycles. The van der Waals surface area contributed by atoms with Crippen LogP contribution in [0.4, 0.5) is 0 Å². The van der Waals surface area contributed by atoms with Gasteiger partial charge in [-0.3, -0.25) is 52.7 Å². The molecule has 0 saturated carbocycles. The molecule has 19 N–H and O–H groups in total. The number of nitrogens with two attached hydrogens (primary N) is 2. The van der Waals surface area contributed by atoms with Crippen LogP contribution in [0.25, 0.3) is 0 Å². The Morgan fingerprint density at radius 2 is 0.745 bits per heavy atom. The number of thioether (sulfide) groups is 2. The van der Waals surface area contributed by atoms with Gasteiger partial charge in [-0.15, -0.1) is 0 Å². The lowest BCUT2D eigenvalue weighted by molar-refractivity contribution is -0.144. The molecule has 0 unspecified atom stereocenters. The smallest absolute Gasteiger partial charge is 0.328 e. The van der Waals surface area contributed by atoms with Crippen molar-refractivity contribution >= 4 is 94.5 Å². The summed E-state index contributed by atoms with van der Waals surface area (Å²) in [6, 6.07) is 9.87. The molecule has 4 aromatic rings. The van der Waals surface area contributed by atoms with Gasteiger partial charge in [-0.1, -0.05) is 80.6 Å². The van der Waals surface area contributed by atoms with Crippen LogP contribution in [-0.4, -0.2) is 193 Å². The van der Waals surface area contributed by atoms with Crippen LogP contribution in [0, 0.1) is 5.92 Å². The minimum Gasteiger partial charge on any atom is -0.508 e. The van der Waals surface area contributed by atoms with Crippen molar-refractivity contribution in [3.63, 3.8) is 0 Å². The fourth-order valence-electron chi connectivity index (χ4n) is 9.29. The highest BCUT2D eigenvalue weighted by Gasteiger charge is 2.37. The number of primary amides is 1. The fraction of sp³-hybridized carbons (Fsp3) is 0.429. The molecule has 29 nitrogen and oxygen atoms in total. The molecule has 0 aliphatic heterocycles. The Balaban J connectivity index is 1.66. The number of nitrogens with one attached hydrogen (secondary N) is 9. The minimum atomic E-state index is -1.98. The van der Waals surface area contributed by atoms with Gasteiger partial charge in [0.05, 0.1) is 19.1 Å². The van der Waals surface area contributed by atoms with Crippen molar-refractivity contribution < 1.29 is 88.2 Å². The predicted octanol–water partition coefficient (Wildman–Crippen LogP) is -1.26. The number of hydrogen-bond donors (Lipinski definition) is 17. The summed E-state index contributed by atoms with van der Waals surface area (Å²) >= 11 is 2.71. The van der Waals surface area contributed by atoms with Crippen molar-refractivity contribution in [3.8, 4) is 17.2 Å². The number of aromatic hydroxyl groups is 3. The number of carbonyl (C=O) groups is 12. The van der Waals surface area contributed by atoms with Gasteiger partial charge in [0.25, 0.3) is 0 Å². The van der Waals surface area contributed by atoms with Gasteiger partial charge in [0.2, 0.25) is 59.1 Å². The highest BCUT2D eigenvalue weighted by molar-refractivity contribution is 7.98. The van der Waals surface area contributed by atoms with Gasteiger partial charge >= 0.3 is 11.9 Å². The van der Waals surface area contributed by atoms with Crippen LogP contribution in [-0.2, 0) is 83.2 Å². The maximum atomic E-state index is 14.7. The first-order valence-corrected chi connectivity index (χ1v) is 32.6. The lowest BCUT2D eigenvalue weighted by Gasteiger charge is -2.29. The minimum absolute atomic E-state index is 0.0210. The maximum absolute atomic E-state index is 14.7. The fourth-order valence-corrected chi connectivity index (χ4v) is 10.2. The van der Waals surface area contributed by atoms with Crippen molar-refractivity contribution in [2.75, 3.05) is 30.6 Å². The van der Waals surface area contributed by atoms with Gasteiger partial charge in [0, 0.05) is 25.7 Å². The van der Waals surface area contributed by atoms with E-state index in [4.69, 9.17) is 11.5 Å². The summed E-state index contributed by atoms with van der Waals surface area (Å²) in [6.45, 7) is 2.18. The van der Waals surface area contributed by atoms with Crippen molar-refractivity contribution in [1.82, 2.24) is 47.9 Å². The van der Waals surface area contributed by atoms with Gasteiger partial charge in [0.15, 0.2) is 0 Å². The molecule has 0 heterocycles. The molecule has 0 fully saturated rings. The third-order valence-corrected chi connectivity index (χ3v) is 15.8. The zero-order valence-electron chi connectivity index (χ0n) is 52.2. The number of aliphatic carboxylic acids is 2. The molecule has 510 valence electrons. The molecule has 4 rings (SSSR count). The van der Waals surface area contributed by atoms with E-state index in [9.17, 15) is 88.2 Å². The number of phenols is 3. The molecule has 0 aromatic heterocycles. The second-order valence-electron chi connectivity index (χ2n) is 22.3. The first kappa shape index (κ1) is 77.0. The molecule has 10 amide bonds. The number of benzene rings is 4. The predicted molar refractivity (Wildman–Crippen MR) is 347 cm³/mol. The van der Waals surface area contributed by atoms with Gasteiger partial charge in [0.1, 0.15) is 71.6 Å². The zero-order valence-corrected chi connectivity index (χ0v) is 53.8. The van der Waals surface area contributed by atoms with Crippen LogP contribution in [0.3, 0.4) is 0 Å². The number of carboxylic acids is 2. The highest BCUT2D eigenvalue weighted by Crippen LogP contribution is 2.17. The van der Waals surface area contributed by atoms with Gasteiger partial charge in [-0.2, -0.15) is 23.5 Å². The second-order valence-corrected chi connectivity index (χ2v) is 24.3. The monoisotopic (exact) mass is 1350 g/mol. The van der Waals surface area contributed by atoms with Crippen molar-refractivity contribution in [2.45, 2.75) is 132 Å². The molecule has 0 bridgehead atoms. The molecule has 94 heavy (non-hydrogen) atoms. The molecule has 31 heteroatoms. The highest BCUT2D eigenvalue weighted by atomic mass is 32.2. The maximum Gasteiger partial charge on any atom is 0.328 e. The number of aliphatic hydroxyl groups is 1. The van der Waals surface area contributed by atoms with E-state index in [0.29, 0.717) is 22.4 Å². The van der Waals surface area contributed by atoms with E-state index < -0.39 is 170 Å². The molecule has 0 radical (unpaired) electrons. The lowest BCUT2D eigenvalue weighted by atomic mass is 9.99. The zero-order chi connectivity index (χ0) is 69.6. The molecule has 10 atom stereocenters. The summed E-state index contributed by atoms with van der Waals surface area (Å²) in [5, 5.41) is 80.9. The number of aliphatic hydroxyl groups excluding tert-OH is 1. The van der Waals surface area contributed by atoms with Gasteiger partial charge in [-0.25, -0.2) is 4.79 Å². The Bertz CT molecular complexity index is 3220. The van der Waals surface area contributed by atoms with Crippen molar-refractivity contribution in [1.29, 1.82) is 0 Å². The molecule has 0 aliphatic rings. The topological polar surface area (TPSA) is 487 Å². The van der Waals surface area contributed by atoms with E-state index in [-0.39, 0.29) is 60.7 Å². The molecule has 4 aromatic carbocycles. The lowest BCUT2D eigenvalue weighted by Crippen LogP contribution is -2.61. The number of phenolic OH excluding ortho intramolecular Hbond substituents is 3. The summed E-state index contributed by atoms with van der Waals surface area (Å²) in [5.41, 5.74) is 13.6. The Morgan fingerprint density at radius 1 is 0.415 bits per heavy atom. The van der Waals surface area contributed by atoms with Crippen LogP contribution >= 0.6 is 23.5 Å². The quantitative estimate of drug-likeness (QED) is 0.0247. The number of hydrogen-bond acceptors (Lipinski definition) is 19. The molecule has 0 saturated heterocycles. The SMILES string of the molecule is CSCC[C@H](NC(=O)[C@H](Cc1ccc(O)cc1)NC(=O)[C@@H](NC(=O)[C@H](CCSC)NC(=O)[C@@H](N)Cc1ccc(O)cc1)C(C)C)C(=O)N[C@@H](Cc1ccccc1)C(=O)N[C@@H](CCC(N)=O)C(=O)N[C@@H](Cc1ccc(O)cc1)C(=O)N[C@@H](CC(=O)O)C(=O)N[C@@H](CO)C(=O)O. The van der Waals surface area contributed by atoms with E-state index in [1.54, 1.807) is 68.8 Å². The molecular formula is C63H83N11O18S2. The Morgan fingerprint density at radius 3 is 1.13 bits per heavy atom. The third-order valence-electron chi connectivity index (χ3n) is 14.5. The van der Waals surface area contributed by atoms with Crippen molar-refractivity contribution in [2.24, 2.45) is 17.4 Å². The van der Waals surface area contributed by atoms with E-state index in [0.717, 1.165) is 0 Å².